The molecule has 0 radical (unpaired) electrons. The Morgan fingerprint density at radius 3 is 2.59 bits per heavy atom. The molecule has 3 aromatic rings. The number of nitrogens with one attached hydrogen (secondary N) is 2. The van der Waals surface area contributed by atoms with Crippen LogP contribution in [0.15, 0.2) is 54.7 Å². The summed E-state index contributed by atoms with van der Waals surface area (Å²) in [5.41, 5.74) is 0.323. The van der Waals surface area contributed by atoms with E-state index in [0.29, 0.717) is 5.56 Å². The quantitative estimate of drug-likeness (QED) is 0.211. The number of halogens is 2. The van der Waals surface area contributed by atoms with Gasteiger partial charge in [-0.05, 0) is 29.5 Å². The molecular formula is C24H27ClFN4O8P. The van der Waals surface area contributed by atoms with Gasteiger partial charge < -0.3 is 29.8 Å². The molecule has 0 unspecified atom stereocenters. The Labute approximate surface area is 227 Å². The number of carbonyl (C=O) groups excluding carboxylic acids is 2. The van der Waals surface area contributed by atoms with Gasteiger partial charge in [-0.3, -0.25) is 9.84 Å². The summed E-state index contributed by atoms with van der Waals surface area (Å²) in [7, 11) is -3.49. The van der Waals surface area contributed by atoms with Gasteiger partial charge in [0.15, 0.2) is 0 Å². The van der Waals surface area contributed by atoms with Crippen molar-refractivity contribution in [3.63, 3.8) is 0 Å². The van der Waals surface area contributed by atoms with Gasteiger partial charge in [0.1, 0.15) is 18.2 Å². The lowest BCUT2D eigenvalue weighted by molar-refractivity contribution is 0.0452. The van der Waals surface area contributed by atoms with E-state index in [1.54, 1.807) is 12.3 Å². The van der Waals surface area contributed by atoms with E-state index in [0.717, 1.165) is 15.7 Å². The Balaban J connectivity index is 1.64. The topological polar surface area (TPSA) is 171 Å². The van der Waals surface area contributed by atoms with Crippen LogP contribution in [-0.2, 0) is 20.4 Å². The van der Waals surface area contributed by atoms with Crippen LogP contribution in [0, 0.1) is 5.82 Å². The molecule has 0 saturated carbocycles. The van der Waals surface area contributed by atoms with Gasteiger partial charge in [-0.25, -0.2) is 23.5 Å². The molecule has 0 saturated heterocycles. The minimum absolute atomic E-state index is 0.120. The van der Waals surface area contributed by atoms with Gasteiger partial charge in [0.05, 0.1) is 23.8 Å². The molecule has 12 nitrogen and oxygen atoms in total. The fraction of sp³-hybridized carbons (Fsp3) is 0.292. The zero-order valence-electron chi connectivity index (χ0n) is 20.7. The largest absolute Gasteiger partial charge is 0.469 e. The number of hydrogen-bond acceptors (Lipinski definition) is 7. The van der Waals surface area contributed by atoms with E-state index < -0.39 is 51.1 Å². The number of phosphoric acid groups is 1. The van der Waals surface area contributed by atoms with Crippen LogP contribution in [0.4, 0.5) is 19.8 Å². The van der Waals surface area contributed by atoms with Crippen molar-refractivity contribution in [1.82, 2.24) is 15.2 Å². The van der Waals surface area contributed by atoms with Crippen LogP contribution in [0.5, 0.6) is 0 Å². The Bertz CT molecular complexity index is 1360. The van der Waals surface area contributed by atoms with Crippen LogP contribution < -0.4 is 10.6 Å². The number of amides is 3. The van der Waals surface area contributed by atoms with Crippen molar-refractivity contribution in [2.45, 2.75) is 25.1 Å². The lowest BCUT2D eigenvalue weighted by Gasteiger charge is -2.29. The molecule has 1 heterocycles. The molecule has 2 aromatic carbocycles. The standard InChI is InChI=1S/C24H27ClFN4O8P/c1-30(23(32)28-12-17-7-4-8-20(26)22(17)25)18(10-19(31)14-38-39(34,35)36)13-37-24(33)29-21-9-15-5-2-3-6-16(15)11-27-21/h2-9,11,18-19,31H,10,12-14H2,1H3,(H,28,32)(H,27,29,33)(H2,34,35,36)/t18-,19+/m1/s1. The highest BCUT2D eigenvalue weighted by Gasteiger charge is 2.26. The third-order valence-electron chi connectivity index (χ3n) is 5.58. The molecule has 1 aromatic heterocycles. The molecule has 15 heteroatoms. The second kappa shape index (κ2) is 13.7. The Hall–Kier alpha value is -3.32. The van der Waals surface area contributed by atoms with Crippen molar-refractivity contribution in [3.8, 4) is 0 Å². The molecule has 5 N–H and O–H groups in total. The van der Waals surface area contributed by atoms with Gasteiger partial charge in [-0.1, -0.05) is 48.0 Å². The molecule has 0 bridgehead atoms. The van der Waals surface area contributed by atoms with Crippen LogP contribution in [0.2, 0.25) is 5.02 Å². The summed E-state index contributed by atoms with van der Waals surface area (Å²) < 4.78 is 34.2. The maximum Gasteiger partial charge on any atom is 0.469 e. The number of aliphatic hydroxyl groups excluding tert-OH is 1. The molecule has 210 valence electrons. The number of aliphatic hydroxyl groups is 1. The number of urea groups is 1. The van der Waals surface area contributed by atoms with Gasteiger partial charge in [0, 0.05) is 25.2 Å². The number of phosphoric ester groups is 1. The number of likely N-dealkylation sites (N-methyl/N-ethyl adjacent to an activating group) is 1. The molecule has 39 heavy (non-hydrogen) atoms. The predicted octanol–water partition coefficient (Wildman–Crippen LogP) is 3.65. The number of ether oxygens (including phenoxy) is 1. The number of hydrogen-bond donors (Lipinski definition) is 5. The summed E-state index contributed by atoms with van der Waals surface area (Å²) in [6, 6.07) is 11.5. The highest BCUT2D eigenvalue weighted by molar-refractivity contribution is 7.46. The lowest BCUT2D eigenvalue weighted by Crippen LogP contribution is -2.47. The molecule has 2 atom stereocenters. The molecule has 3 rings (SSSR count). The summed E-state index contributed by atoms with van der Waals surface area (Å²) in [6.45, 7) is -1.26. The first-order valence-corrected chi connectivity index (χ1v) is 13.4. The number of fused-ring (bicyclic) bond motifs is 1. The maximum atomic E-state index is 13.7. The normalized spacial score (nSPS) is 13.0. The van der Waals surface area contributed by atoms with Crippen LogP contribution in [0.25, 0.3) is 10.8 Å². The average Bonchev–Trinajstić information content (AvgIpc) is 2.89. The van der Waals surface area contributed by atoms with Crippen molar-refractivity contribution in [2.24, 2.45) is 0 Å². The van der Waals surface area contributed by atoms with Crippen molar-refractivity contribution in [2.75, 3.05) is 25.6 Å². The van der Waals surface area contributed by atoms with Gasteiger partial charge in [-0.2, -0.15) is 0 Å². The number of nitrogens with zero attached hydrogens (tertiary/aromatic N) is 2. The minimum Gasteiger partial charge on any atom is -0.447 e. The first kappa shape index (κ1) is 30.2. The van der Waals surface area contributed by atoms with Gasteiger partial charge in [0.25, 0.3) is 0 Å². The van der Waals surface area contributed by atoms with Gasteiger partial charge >= 0.3 is 19.9 Å². The van der Waals surface area contributed by atoms with Crippen molar-refractivity contribution < 1.29 is 42.7 Å². The van der Waals surface area contributed by atoms with Gasteiger partial charge in [-0.15, -0.1) is 0 Å². The van der Waals surface area contributed by atoms with Crippen molar-refractivity contribution >= 4 is 48.1 Å². The van der Waals surface area contributed by atoms with Crippen molar-refractivity contribution in [3.05, 3.63) is 71.1 Å². The molecule has 0 aliphatic rings. The van der Waals surface area contributed by atoms with E-state index in [1.807, 2.05) is 24.3 Å². The Morgan fingerprint density at radius 1 is 1.15 bits per heavy atom. The van der Waals surface area contributed by atoms with E-state index in [4.69, 9.17) is 26.1 Å². The molecule has 0 aliphatic heterocycles. The van der Waals surface area contributed by atoms with E-state index in [1.165, 1.54) is 25.2 Å². The fourth-order valence-electron chi connectivity index (χ4n) is 3.51. The maximum absolute atomic E-state index is 13.7. The summed E-state index contributed by atoms with van der Waals surface area (Å²) in [5, 5.41) is 16.8. The Kier molecular flexibility index (Phi) is 10.6. The first-order chi connectivity index (χ1) is 18.4. The van der Waals surface area contributed by atoms with Crippen molar-refractivity contribution in [1.29, 1.82) is 0 Å². The van der Waals surface area contributed by atoms with E-state index in [9.17, 15) is 23.7 Å². The monoisotopic (exact) mass is 584 g/mol. The molecule has 0 aliphatic carbocycles. The molecule has 0 fully saturated rings. The third-order valence-corrected chi connectivity index (χ3v) is 6.49. The van der Waals surface area contributed by atoms with E-state index in [2.05, 4.69) is 20.1 Å². The van der Waals surface area contributed by atoms with Crippen LogP contribution in [0.3, 0.4) is 0 Å². The molecule has 3 amide bonds. The van der Waals surface area contributed by atoms with Gasteiger partial charge in [0.2, 0.25) is 0 Å². The SMILES string of the molecule is CN(C(=O)NCc1cccc(F)c1Cl)[C@@H](COC(=O)Nc1cc2ccccc2cn1)C[C@H](O)COP(=O)(O)O. The predicted molar refractivity (Wildman–Crippen MR) is 141 cm³/mol. The lowest BCUT2D eigenvalue weighted by atomic mass is 10.1. The summed E-state index contributed by atoms with van der Waals surface area (Å²) in [5.74, 6) is -0.425. The van der Waals surface area contributed by atoms with Crippen LogP contribution in [0.1, 0.15) is 12.0 Å². The zero-order valence-corrected chi connectivity index (χ0v) is 22.3. The summed E-state index contributed by atoms with van der Waals surface area (Å²) in [6.07, 6.45) is -1.01. The second-order valence-corrected chi connectivity index (χ2v) is 10.1. The minimum atomic E-state index is -4.85. The number of carbonyl (C=O) groups is 2. The number of rotatable bonds is 11. The molecular weight excluding hydrogens is 558 g/mol. The average molecular weight is 585 g/mol. The number of anilines is 1. The number of benzene rings is 2. The third kappa shape index (κ3) is 9.43. The van der Waals surface area contributed by atoms with Crippen LogP contribution in [-0.4, -0.2) is 69.3 Å². The highest BCUT2D eigenvalue weighted by Crippen LogP contribution is 2.36. The summed E-state index contributed by atoms with van der Waals surface area (Å²) in [4.78, 5) is 48.3. The number of pyridine rings is 1. The fourth-order valence-corrected chi connectivity index (χ4v) is 4.07. The smallest absolute Gasteiger partial charge is 0.447 e. The Morgan fingerprint density at radius 2 is 1.87 bits per heavy atom. The second-order valence-electron chi connectivity index (χ2n) is 8.45. The zero-order chi connectivity index (χ0) is 28.6. The van der Waals surface area contributed by atoms with E-state index in [-0.39, 0.29) is 23.8 Å². The van der Waals surface area contributed by atoms with E-state index >= 15 is 0 Å². The highest BCUT2D eigenvalue weighted by atomic mass is 35.5. The first-order valence-electron chi connectivity index (χ1n) is 11.5. The van der Waals surface area contributed by atoms with Crippen LogP contribution >= 0.6 is 19.4 Å². The summed E-state index contributed by atoms with van der Waals surface area (Å²) >= 11 is 5.92. The number of aromatic nitrogens is 1. The molecule has 0 spiro atoms.